The predicted molar refractivity (Wildman–Crippen MR) is 135 cm³/mol. The second-order valence-corrected chi connectivity index (χ2v) is 9.22. The molecule has 1 aromatic carbocycles. The van der Waals surface area contributed by atoms with Crippen LogP contribution in [0.4, 0.5) is 0 Å². The zero-order chi connectivity index (χ0) is 25.3. The number of pyridine rings is 1. The van der Waals surface area contributed by atoms with E-state index in [-0.39, 0.29) is 11.1 Å². The number of aromatic nitrogens is 1. The van der Waals surface area contributed by atoms with Gasteiger partial charge in [0.25, 0.3) is 11.8 Å². The number of benzene rings is 1. The van der Waals surface area contributed by atoms with Gasteiger partial charge in [0, 0.05) is 38.1 Å². The molecule has 0 fully saturated rings. The van der Waals surface area contributed by atoms with Crippen molar-refractivity contribution in [3.8, 4) is 5.75 Å². The van der Waals surface area contributed by atoms with Crippen molar-refractivity contribution in [1.82, 2.24) is 19.7 Å². The van der Waals surface area contributed by atoms with Crippen LogP contribution < -0.4 is 15.5 Å². The first-order valence-electron chi connectivity index (χ1n) is 11.7. The van der Waals surface area contributed by atoms with E-state index in [0.717, 1.165) is 24.9 Å². The topological polar surface area (TPSA) is 83.9 Å². The Morgan fingerprint density at radius 1 is 1.06 bits per heavy atom. The van der Waals surface area contributed by atoms with Crippen molar-refractivity contribution in [3.05, 3.63) is 63.6 Å². The van der Waals surface area contributed by atoms with E-state index in [4.69, 9.17) is 4.74 Å². The Kier molecular flexibility index (Phi) is 10.3. The van der Waals surface area contributed by atoms with E-state index in [1.54, 1.807) is 18.7 Å². The van der Waals surface area contributed by atoms with Gasteiger partial charge in [0.05, 0.1) is 13.7 Å². The SMILES string of the molecule is COc1ccccc1Cn1cc(C(=O)NCCC(C)C)c(=O)c(C(=O)N(C)CCCN(C)C)c1. The summed E-state index contributed by atoms with van der Waals surface area (Å²) in [5, 5.41) is 2.82. The minimum Gasteiger partial charge on any atom is -0.496 e. The van der Waals surface area contributed by atoms with Gasteiger partial charge in [0.1, 0.15) is 16.9 Å². The average molecular weight is 471 g/mol. The first-order chi connectivity index (χ1) is 16.1. The van der Waals surface area contributed by atoms with Crippen LogP contribution >= 0.6 is 0 Å². The van der Waals surface area contributed by atoms with Crippen molar-refractivity contribution >= 4 is 11.8 Å². The second kappa shape index (κ2) is 12.9. The summed E-state index contributed by atoms with van der Waals surface area (Å²) in [6, 6.07) is 7.53. The van der Waals surface area contributed by atoms with Crippen LogP contribution in [-0.4, -0.2) is 74.1 Å². The number of ether oxygens (including phenoxy) is 1. The number of nitrogens with zero attached hydrogens (tertiary/aromatic N) is 3. The zero-order valence-corrected chi connectivity index (χ0v) is 21.3. The van der Waals surface area contributed by atoms with Gasteiger partial charge in [-0.05, 0) is 45.5 Å². The molecule has 0 bridgehead atoms. The third kappa shape index (κ3) is 7.73. The molecule has 34 heavy (non-hydrogen) atoms. The lowest BCUT2D eigenvalue weighted by Crippen LogP contribution is -2.37. The number of carbonyl (C=O) groups is 2. The molecule has 2 amide bonds. The van der Waals surface area contributed by atoms with Crippen LogP contribution in [0.25, 0.3) is 0 Å². The summed E-state index contributed by atoms with van der Waals surface area (Å²) in [4.78, 5) is 42.9. The first-order valence-corrected chi connectivity index (χ1v) is 11.7. The summed E-state index contributed by atoms with van der Waals surface area (Å²) in [7, 11) is 7.21. The predicted octanol–water partition coefficient (Wildman–Crippen LogP) is 2.70. The van der Waals surface area contributed by atoms with Gasteiger partial charge >= 0.3 is 0 Å². The quantitative estimate of drug-likeness (QED) is 0.516. The highest BCUT2D eigenvalue weighted by molar-refractivity contribution is 5.99. The summed E-state index contributed by atoms with van der Waals surface area (Å²) in [5.74, 6) is 0.253. The summed E-state index contributed by atoms with van der Waals surface area (Å²) in [5.41, 5.74) is 0.269. The van der Waals surface area contributed by atoms with Crippen molar-refractivity contribution in [3.63, 3.8) is 0 Å². The first kappa shape index (κ1) is 27.1. The van der Waals surface area contributed by atoms with Crippen molar-refractivity contribution in [2.75, 3.05) is 47.9 Å². The molecular weight excluding hydrogens is 432 g/mol. The third-order valence-corrected chi connectivity index (χ3v) is 5.55. The number of methoxy groups -OCH3 is 1. The highest BCUT2D eigenvalue weighted by Crippen LogP contribution is 2.19. The maximum atomic E-state index is 13.2. The fraction of sp³-hybridized carbons (Fsp3) is 0.500. The fourth-order valence-corrected chi connectivity index (χ4v) is 3.57. The van der Waals surface area contributed by atoms with Crippen molar-refractivity contribution in [2.24, 2.45) is 5.92 Å². The molecule has 0 saturated carbocycles. The van der Waals surface area contributed by atoms with Crippen molar-refractivity contribution < 1.29 is 14.3 Å². The Morgan fingerprint density at radius 2 is 1.74 bits per heavy atom. The Bertz CT molecular complexity index is 1030. The molecule has 1 aromatic heterocycles. The number of carbonyl (C=O) groups excluding carboxylic acids is 2. The van der Waals surface area contributed by atoms with Gasteiger partial charge in [-0.3, -0.25) is 14.4 Å². The lowest BCUT2D eigenvalue weighted by Gasteiger charge is -2.20. The highest BCUT2D eigenvalue weighted by Gasteiger charge is 2.22. The van der Waals surface area contributed by atoms with Crippen molar-refractivity contribution in [2.45, 2.75) is 33.2 Å². The molecule has 0 aliphatic carbocycles. The highest BCUT2D eigenvalue weighted by atomic mass is 16.5. The van der Waals surface area contributed by atoms with Gasteiger partial charge in [0.15, 0.2) is 0 Å². The molecule has 1 N–H and O–H groups in total. The average Bonchev–Trinajstić information content (AvgIpc) is 2.79. The monoisotopic (exact) mass is 470 g/mol. The molecule has 0 saturated heterocycles. The molecule has 2 aromatic rings. The Balaban J connectivity index is 2.40. The molecule has 0 radical (unpaired) electrons. The number of nitrogens with one attached hydrogen (secondary N) is 1. The minimum absolute atomic E-state index is 0.0150. The number of hydrogen-bond acceptors (Lipinski definition) is 5. The molecule has 8 nitrogen and oxygen atoms in total. The number of amides is 2. The zero-order valence-electron chi connectivity index (χ0n) is 21.3. The van der Waals surface area contributed by atoms with Crippen LogP contribution in [0.1, 0.15) is 53.0 Å². The molecule has 186 valence electrons. The number of rotatable bonds is 12. The van der Waals surface area contributed by atoms with Crippen LogP contribution in [0.15, 0.2) is 41.5 Å². The van der Waals surface area contributed by atoms with Gasteiger partial charge < -0.3 is 24.4 Å². The molecule has 1 heterocycles. The molecular formula is C26H38N4O4. The Hall–Kier alpha value is -3.13. The number of para-hydroxylation sites is 1. The fourth-order valence-electron chi connectivity index (χ4n) is 3.57. The number of hydrogen-bond donors (Lipinski definition) is 1. The maximum absolute atomic E-state index is 13.2. The summed E-state index contributed by atoms with van der Waals surface area (Å²) < 4.78 is 7.15. The molecule has 2 rings (SSSR count). The van der Waals surface area contributed by atoms with E-state index in [9.17, 15) is 14.4 Å². The Morgan fingerprint density at radius 3 is 2.38 bits per heavy atom. The molecule has 0 spiro atoms. The van der Waals surface area contributed by atoms with Gasteiger partial charge in [-0.15, -0.1) is 0 Å². The normalized spacial score (nSPS) is 11.1. The lowest BCUT2D eigenvalue weighted by molar-refractivity contribution is 0.0788. The van der Waals surface area contributed by atoms with Crippen LogP contribution in [0.2, 0.25) is 0 Å². The van der Waals surface area contributed by atoms with E-state index in [2.05, 4.69) is 19.2 Å². The van der Waals surface area contributed by atoms with Gasteiger partial charge in [-0.25, -0.2) is 0 Å². The largest absolute Gasteiger partial charge is 0.496 e. The third-order valence-electron chi connectivity index (χ3n) is 5.55. The molecule has 0 aliphatic rings. The van der Waals surface area contributed by atoms with Gasteiger partial charge in [0.2, 0.25) is 5.43 Å². The second-order valence-electron chi connectivity index (χ2n) is 9.22. The van der Waals surface area contributed by atoms with Gasteiger partial charge in [-0.2, -0.15) is 0 Å². The van der Waals surface area contributed by atoms with E-state index in [1.165, 1.54) is 17.3 Å². The van der Waals surface area contributed by atoms with Crippen LogP contribution in [-0.2, 0) is 6.54 Å². The molecule has 0 atom stereocenters. The summed E-state index contributed by atoms with van der Waals surface area (Å²) >= 11 is 0. The van der Waals surface area contributed by atoms with E-state index < -0.39 is 17.2 Å². The van der Waals surface area contributed by atoms with E-state index in [0.29, 0.717) is 31.3 Å². The Labute approximate surface area is 202 Å². The summed E-state index contributed by atoms with van der Waals surface area (Å²) in [6.07, 6.45) is 4.63. The van der Waals surface area contributed by atoms with Gasteiger partial charge in [-0.1, -0.05) is 32.0 Å². The van der Waals surface area contributed by atoms with E-state index >= 15 is 0 Å². The summed E-state index contributed by atoms with van der Waals surface area (Å²) in [6.45, 7) is 6.28. The van der Waals surface area contributed by atoms with Crippen molar-refractivity contribution in [1.29, 1.82) is 0 Å². The van der Waals surface area contributed by atoms with E-state index in [1.807, 2.05) is 43.3 Å². The van der Waals surface area contributed by atoms with Crippen LogP contribution in [0.3, 0.4) is 0 Å². The standard InChI is InChI=1S/C26H38N4O4/c1-19(2)12-13-27-25(32)21-17-30(16-20-10-7-8-11-23(20)34-6)18-22(24(21)31)26(33)29(5)15-9-14-28(3)4/h7-8,10-11,17-19H,9,12-16H2,1-6H3,(H,27,32). The smallest absolute Gasteiger partial charge is 0.259 e. The molecule has 0 aliphatic heterocycles. The molecule has 8 heteroatoms. The van der Waals surface area contributed by atoms with Crippen LogP contribution in [0, 0.1) is 5.92 Å². The lowest BCUT2D eigenvalue weighted by atomic mass is 10.1. The van der Waals surface area contributed by atoms with Crippen LogP contribution in [0.5, 0.6) is 5.75 Å². The molecule has 0 unspecified atom stereocenters. The maximum Gasteiger partial charge on any atom is 0.259 e. The minimum atomic E-state index is -0.553.